The first-order valence-corrected chi connectivity index (χ1v) is 8.01. The quantitative estimate of drug-likeness (QED) is 0.687. The van der Waals surface area contributed by atoms with E-state index in [2.05, 4.69) is 0 Å². The Hall–Kier alpha value is -0.600. The second-order valence-corrected chi connectivity index (χ2v) is 6.06. The second-order valence-electron chi connectivity index (χ2n) is 3.55. The van der Waals surface area contributed by atoms with Crippen LogP contribution >= 0.6 is 19.2 Å². The largest absolute Gasteiger partial charge is 0.334 e. The van der Waals surface area contributed by atoms with Gasteiger partial charge in [0.25, 0.3) is 0 Å². The molecular formula is C13H18ClO3P. The average molecular weight is 289 g/mol. The lowest BCUT2D eigenvalue weighted by molar-refractivity contribution is 0.222. The summed E-state index contributed by atoms with van der Waals surface area (Å²) in [5.74, 6) is 0. The van der Waals surface area contributed by atoms with Crippen molar-refractivity contribution in [3.05, 3.63) is 40.9 Å². The molecule has 0 fully saturated rings. The van der Waals surface area contributed by atoms with Crippen molar-refractivity contribution in [2.45, 2.75) is 13.8 Å². The first kappa shape index (κ1) is 15.5. The Labute approximate surface area is 113 Å². The van der Waals surface area contributed by atoms with Crippen LogP contribution in [0.2, 0.25) is 5.02 Å². The molecule has 0 aliphatic rings. The number of hydrogen-bond donors (Lipinski definition) is 0. The van der Waals surface area contributed by atoms with Gasteiger partial charge in [-0.25, -0.2) is 0 Å². The zero-order chi connectivity index (χ0) is 13.4. The third-order valence-electron chi connectivity index (χ3n) is 2.18. The van der Waals surface area contributed by atoms with Crippen molar-refractivity contribution in [3.63, 3.8) is 0 Å². The van der Waals surface area contributed by atoms with Gasteiger partial charge in [0.05, 0.1) is 19.4 Å². The summed E-state index contributed by atoms with van der Waals surface area (Å²) in [6.07, 6.45) is 3.85. The van der Waals surface area contributed by atoms with Gasteiger partial charge in [-0.05, 0) is 25.5 Å². The van der Waals surface area contributed by atoms with Crippen molar-refractivity contribution < 1.29 is 13.6 Å². The van der Waals surface area contributed by atoms with E-state index in [-0.39, 0.29) is 6.16 Å². The Morgan fingerprint density at radius 2 is 1.83 bits per heavy atom. The molecule has 0 bridgehead atoms. The minimum absolute atomic E-state index is 0.250. The van der Waals surface area contributed by atoms with Crippen molar-refractivity contribution in [1.82, 2.24) is 0 Å². The summed E-state index contributed by atoms with van der Waals surface area (Å²) in [5, 5.41) is 0.663. The second kappa shape index (κ2) is 7.75. The van der Waals surface area contributed by atoms with Crippen molar-refractivity contribution in [2.24, 2.45) is 0 Å². The lowest BCUT2D eigenvalue weighted by atomic mass is 10.2. The van der Waals surface area contributed by atoms with Crippen LogP contribution in [0, 0.1) is 0 Å². The van der Waals surface area contributed by atoms with E-state index in [1.54, 1.807) is 19.9 Å². The highest BCUT2D eigenvalue weighted by atomic mass is 35.5. The van der Waals surface area contributed by atoms with Gasteiger partial charge in [0.1, 0.15) is 0 Å². The monoisotopic (exact) mass is 288 g/mol. The summed E-state index contributed by atoms with van der Waals surface area (Å²) >= 11 is 6.01. The number of hydrogen-bond acceptors (Lipinski definition) is 3. The highest BCUT2D eigenvalue weighted by Crippen LogP contribution is 2.48. The maximum absolute atomic E-state index is 12.2. The summed E-state index contributed by atoms with van der Waals surface area (Å²) in [4.78, 5) is 0. The minimum atomic E-state index is -3.00. The molecule has 0 amide bonds. The van der Waals surface area contributed by atoms with Crippen LogP contribution in [-0.4, -0.2) is 19.4 Å². The predicted octanol–water partition coefficient (Wildman–Crippen LogP) is 4.62. The van der Waals surface area contributed by atoms with Crippen LogP contribution in [0.3, 0.4) is 0 Å². The zero-order valence-corrected chi connectivity index (χ0v) is 12.3. The van der Waals surface area contributed by atoms with Gasteiger partial charge in [0.2, 0.25) is 0 Å². The number of halogens is 1. The highest BCUT2D eigenvalue weighted by Gasteiger charge is 2.20. The lowest BCUT2D eigenvalue weighted by Crippen LogP contribution is -1.98. The van der Waals surface area contributed by atoms with Crippen LogP contribution in [0.1, 0.15) is 19.4 Å². The van der Waals surface area contributed by atoms with E-state index in [1.165, 1.54) is 0 Å². The van der Waals surface area contributed by atoms with Crippen LogP contribution in [0.4, 0.5) is 0 Å². The van der Waals surface area contributed by atoms with Crippen LogP contribution in [-0.2, 0) is 13.6 Å². The van der Waals surface area contributed by atoms with Gasteiger partial charge in [0, 0.05) is 5.02 Å². The van der Waals surface area contributed by atoms with Crippen LogP contribution in [0.5, 0.6) is 0 Å². The number of rotatable bonds is 7. The smallest absolute Gasteiger partial charge is 0.309 e. The van der Waals surface area contributed by atoms with Gasteiger partial charge < -0.3 is 9.05 Å². The Morgan fingerprint density at radius 3 is 2.39 bits per heavy atom. The summed E-state index contributed by atoms with van der Waals surface area (Å²) in [6, 6.07) is 7.47. The molecule has 0 aliphatic heterocycles. The lowest BCUT2D eigenvalue weighted by Gasteiger charge is -2.14. The van der Waals surface area contributed by atoms with Gasteiger partial charge in [0.15, 0.2) is 0 Å². The molecular weight excluding hydrogens is 271 g/mol. The number of benzene rings is 1. The van der Waals surface area contributed by atoms with Crippen molar-refractivity contribution in [2.75, 3.05) is 19.4 Å². The first-order valence-electron chi connectivity index (χ1n) is 5.90. The summed E-state index contributed by atoms with van der Waals surface area (Å²) in [5.41, 5.74) is 0.888. The molecule has 0 saturated heterocycles. The van der Waals surface area contributed by atoms with E-state index in [4.69, 9.17) is 20.6 Å². The van der Waals surface area contributed by atoms with Crippen molar-refractivity contribution >= 4 is 25.3 Å². The third-order valence-corrected chi connectivity index (χ3v) is 4.49. The fourth-order valence-corrected chi connectivity index (χ4v) is 3.09. The van der Waals surface area contributed by atoms with Gasteiger partial charge in [-0.15, -0.1) is 0 Å². The van der Waals surface area contributed by atoms with Gasteiger partial charge in [-0.1, -0.05) is 42.0 Å². The van der Waals surface area contributed by atoms with Crippen LogP contribution in [0.25, 0.3) is 6.08 Å². The standard InChI is InChI=1S/C13H18ClO3P/c1-3-16-18(15,17-4-2)11-7-9-12-8-5-6-10-13(12)14/h5-10H,3-4,11H2,1-2H3/b9-7+. The highest BCUT2D eigenvalue weighted by molar-refractivity contribution is 7.54. The molecule has 0 radical (unpaired) electrons. The molecule has 0 atom stereocenters. The minimum Gasteiger partial charge on any atom is -0.309 e. The van der Waals surface area contributed by atoms with Crippen molar-refractivity contribution in [1.29, 1.82) is 0 Å². The fraction of sp³-hybridized carbons (Fsp3) is 0.385. The molecule has 100 valence electrons. The molecule has 0 N–H and O–H groups in total. The Bertz CT molecular complexity index is 436. The zero-order valence-electron chi connectivity index (χ0n) is 10.6. The van der Waals surface area contributed by atoms with Gasteiger partial charge in [-0.3, -0.25) is 4.57 Å². The van der Waals surface area contributed by atoms with E-state index in [0.717, 1.165) is 5.56 Å². The predicted molar refractivity (Wildman–Crippen MR) is 76.2 cm³/mol. The van der Waals surface area contributed by atoms with Gasteiger partial charge >= 0.3 is 7.60 Å². The van der Waals surface area contributed by atoms with E-state index >= 15 is 0 Å². The van der Waals surface area contributed by atoms with Crippen LogP contribution in [0.15, 0.2) is 30.3 Å². The van der Waals surface area contributed by atoms with E-state index < -0.39 is 7.60 Å². The summed E-state index contributed by atoms with van der Waals surface area (Å²) < 4.78 is 22.5. The van der Waals surface area contributed by atoms with E-state index in [0.29, 0.717) is 18.2 Å². The van der Waals surface area contributed by atoms with E-state index in [1.807, 2.05) is 30.3 Å². The molecule has 0 spiro atoms. The Balaban J connectivity index is 2.68. The molecule has 0 aromatic heterocycles. The van der Waals surface area contributed by atoms with E-state index in [9.17, 15) is 4.57 Å². The summed E-state index contributed by atoms with van der Waals surface area (Å²) in [7, 11) is -3.00. The third kappa shape index (κ3) is 4.95. The molecule has 3 nitrogen and oxygen atoms in total. The molecule has 1 rings (SSSR count). The number of allylic oxidation sites excluding steroid dienone is 1. The Morgan fingerprint density at radius 1 is 1.22 bits per heavy atom. The normalized spacial score (nSPS) is 12.2. The van der Waals surface area contributed by atoms with Crippen molar-refractivity contribution in [3.8, 4) is 0 Å². The van der Waals surface area contributed by atoms with Gasteiger partial charge in [-0.2, -0.15) is 0 Å². The first-order chi connectivity index (χ1) is 8.61. The average Bonchev–Trinajstić information content (AvgIpc) is 2.32. The summed E-state index contributed by atoms with van der Waals surface area (Å²) in [6.45, 7) is 4.33. The molecule has 1 aromatic rings. The molecule has 5 heteroatoms. The Kier molecular flexibility index (Phi) is 6.66. The molecule has 0 aliphatic carbocycles. The maximum atomic E-state index is 12.2. The maximum Gasteiger partial charge on any atom is 0.334 e. The molecule has 0 saturated carbocycles. The van der Waals surface area contributed by atoms with Crippen LogP contribution < -0.4 is 0 Å². The molecule has 0 unspecified atom stereocenters. The molecule has 0 heterocycles. The SMILES string of the molecule is CCOP(=O)(C/C=C/c1ccccc1Cl)OCC. The fourth-order valence-electron chi connectivity index (χ4n) is 1.46. The molecule has 18 heavy (non-hydrogen) atoms. The topological polar surface area (TPSA) is 35.5 Å². The molecule has 1 aromatic carbocycles.